The maximum Gasteiger partial charge on any atom is 0.135 e. The molecule has 0 fully saturated rings. The van der Waals surface area contributed by atoms with Crippen molar-refractivity contribution in [3.05, 3.63) is 188 Å². The van der Waals surface area contributed by atoms with Gasteiger partial charge < -0.3 is 13.6 Å². The second kappa shape index (κ2) is 13.3. The largest absolute Gasteiger partial charge is 0.456 e. The lowest BCUT2D eigenvalue weighted by molar-refractivity contribution is 0.669. The molecule has 0 unspecified atom stereocenters. The molecule has 9 aromatic carbocycles. The van der Waals surface area contributed by atoms with Crippen LogP contribution in [-0.2, 0) is 0 Å². The monoisotopic (exact) mass is 756 g/mol. The summed E-state index contributed by atoms with van der Waals surface area (Å²) in [6, 6.07) is 65.5. The molecule has 0 aliphatic heterocycles. The van der Waals surface area contributed by atoms with Crippen molar-refractivity contribution in [3.8, 4) is 44.8 Å². The quantitative estimate of drug-likeness (QED) is 0.160. The third-order valence-corrected chi connectivity index (χ3v) is 12.2. The van der Waals surface area contributed by atoms with Gasteiger partial charge in [-0.15, -0.1) is 0 Å². The first kappa shape index (κ1) is 34.6. The number of rotatable bonds is 5. The highest BCUT2D eigenvalue weighted by atomic mass is 16.3. The average molecular weight is 756 g/mol. The summed E-state index contributed by atoms with van der Waals surface area (Å²) in [4.78, 5) is 0. The molecule has 6 radical (unpaired) electrons. The Balaban J connectivity index is 1.09. The highest BCUT2D eigenvalue weighted by Gasteiger charge is 2.22. The topological polar surface area (TPSA) is 23.0 Å². The molecule has 60 heavy (non-hydrogen) atoms. The minimum atomic E-state index is 0.554. The van der Waals surface area contributed by atoms with Crippen LogP contribution in [0.2, 0.25) is 0 Å². The molecular formula is C54H31B3N2O. The second-order valence-electron chi connectivity index (χ2n) is 15.6. The first-order valence-corrected chi connectivity index (χ1v) is 20.1. The fraction of sp³-hybridized carbons (Fsp3) is 0. The summed E-state index contributed by atoms with van der Waals surface area (Å²) in [6.07, 6.45) is 0. The van der Waals surface area contributed by atoms with Crippen LogP contribution in [0.1, 0.15) is 0 Å². The number of hydrogen-bond donors (Lipinski definition) is 0. The van der Waals surface area contributed by atoms with Crippen LogP contribution in [0.15, 0.2) is 192 Å². The van der Waals surface area contributed by atoms with Crippen LogP contribution < -0.4 is 16.4 Å². The Morgan fingerprint density at radius 2 is 0.967 bits per heavy atom. The highest BCUT2D eigenvalue weighted by molar-refractivity contribution is 6.52. The first-order chi connectivity index (χ1) is 29.5. The zero-order valence-corrected chi connectivity index (χ0v) is 32.4. The van der Waals surface area contributed by atoms with Crippen molar-refractivity contribution in [2.24, 2.45) is 0 Å². The van der Waals surface area contributed by atoms with E-state index in [2.05, 4.69) is 167 Å². The number of furan rings is 1. The van der Waals surface area contributed by atoms with Gasteiger partial charge in [0.1, 0.15) is 34.7 Å². The summed E-state index contributed by atoms with van der Waals surface area (Å²) < 4.78 is 10.8. The molecule has 6 heteroatoms. The van der Waals surface area contributed by atoms with E-state index in [0.29, 0.717) is 16.4 Å². The molecular weight excluding hydrogens is 725 g/mol. The third-order valence-electron chi connectivity index (χ3n) is 12.2. The van der Waals surface area contributed by atoms with Gasteiger partial charge in [0.05, 0.1) is 22.1 Å². The maximum absolute atomic E-state index is 7.43. The van der Waals surface area contributed by atoms with Crippen LogP contribution in [0.3, 0.4) is 0 Å². The summed E-state index contributed by atoms with van der Waals surface area (Å²) in [6.45, 7) is 0. The summed E-state index contributed by atoms with van der Waals surface area (Å²) in [5.41, 5.74) is 15.6. The number of aromatic nitrogens is 2. The molecule has 3 nitrogen and oxygen atoms in total. The zero-order chi connectivity index (χ0) is 40.1. The number of hydrogen-bond acceptors (Lipinski definition) is 1. The molecule has 0 aliphatic rings. The van der Waals surface area contributed by atoms with Crippen molar-refractivity contribution in [2.75, 3.05) is 0 Å². The molecule has 3 aromatic heterocycles. The average Bonchev–Trinajstić information content (AvgIpc) is 3.93. The van der Waals surface area contributed by atoms with Crippen LogP contribution in [0.25, 0.3) is 110 Å². The third kappa shape index (κ3) is 5.20. The molecule has 272 valence electrons. The molecule has 0 saturated carbocycles. The fourth-order valence-electron chi connectivity index (χ4n) is 9.45. The summed E-state index contributed by atoms with van der Waals surface area (Å²) >= 11 is 0. The van der Waals surface area contributed by atoms with Crippen LogP contribution in [0.4, 0.5) is 0 Å². The highest BCUT2D eigenvalue weighted by Crippen LogP contribution is 2.39. The number of nitrogens with zero attached hydrogens (tertiary/aromatic N) is 2. The van der Waals surface area contributed by atoms with E-state index in [4.69, 9.17) is 28.0 Å². The van der Waals surface area contributed by atoms with Gasteiger partial charge in [-0.2, -0.15) is 0 Å². The van der Waals surface area contributed by atoms with Gasteiger partial charge in [-0.3, -0.25) is 0 Å². The van der Waals surface area contributed by atoms with E-state index in [-0.39, 0.29) is 0 Å². The predicted octanol–water partition coefficient (Wildman–Crippen LogP) is 11.2. The molecule has 0 aliphatic carbocycles. The van der Waals surface area contributed by atoms with E-state index >= 15 is 0 Å². The minimum Gasteiger partial charge on any atom is -0.456 e. The maximum atomic E-state index is 7.43. The van der Waals surface area contributed by atoms with Gasteiger partial charge in [0, 0.05) is 43.7 Å². The number of fused-ring (bicyclic) bond motifs is 9. The Kier molecular flexibility index (Phi) is 7.67. The van der Waals surface area contributed by atoms with Gasteiger partial charge in [-0.25, -0.2) is 0 Å². The molecule has 0 amide bonds. The van der Waals surface area contributed by atoms with Crippen molar-refractivity contribution in [2.45, 2.75) is 0 Å². The SMILES string of the molecule is [B]c1cc2c(cc1-c1c([B])cc3c(c1[B])c1ccc(-c4ccccc4)cc1n3-c1cccc(-c3ccccc3)c1)c1ccccc1n2-c1ccc2oc3ccccc3c2c1. The normalized spacial score (nSPS) is 11.9. The number of para-hydroxylation sites is 2. The van der Waals surface area contributed by atoms with E-state index in [1.165, 1.54) is 0 Å². The zero-order valence-electron chi connectivity index (χ0n) is 32.4. The van der Waals surface area contributed by atoms with E-state index in [1.807, 2.05) is 30.3 Å². The van der Waals surface area contributed by atoms with Crippen molar-refractivity contribution in [1.29, 1.82) is 0 Å². The van der Waals surface area contributed by atoms with Gasteiger partial charge in [0.15, 0.2) is 0 Å². The summed E-state index contributed by atoms with van der Waals surface area (Å²) in [5.74, 6) is 0. The molecule has 12 rings (SSSR count). The Morgan fingerprint density at radius 3 is 1.77 bits per heavy atom. The van der Waals surface area contributed by atoms with Gasteiger partial charge >= 0.3 is 0 Å². The Hall–Kier alpha value is -7.43. The molecule has 0 spiro atoms. The standard InChI is InChI=1S/C54H31B3N2O/c55-44-30-48-41(38-18-7-9-20-46(38)58(48)37-23-25-51-42(28-37)39-19-8-10-21-50(39)60-51)29-43(44)52-45(56)31-49-53(54(52)57)40-24-22-35(33-14-5-2-6-15-33)27-47(40)59(49)36-17-11-16-34(26-36)32-12-3-1-4-13-32/h1-31H. The van der Waals surface area contributed by atoms with Crippen molar-refractivity contribution in [3.63, 3.8) is 0 Å². The lowest BCUT2D eigenvalue weighted by Gasteiger charge is -2.18. The minimum absolute atomic E-state index is 0.554. The van der Waals surface area contributed by atoms with Gasteiger partial charge in [0.25, 0.3) is 0 Å². The van der Waals surface area contributed by atoms with Crippen LogP contribution in [0.5, 0.6) is 0 Å². The Morgan fingerprint density at radius 1 is 0.350 bits per heavy atom. The van der Waals surface area contributed by atoms with Crippen molar-refractivity contribution >= 4 is 105 Å². The first-order valence-electron chi connectivity index (χ1n) is 20.1. The van der Waals surface area contributed by atoms with Crippen LogP contribution in [-0.4, -0.2) is 32.7 Å². The van der Waals surface area contributed by atoms with Crippen molar-refractivity contribution in [1.82, 2.24) is 9.13 Å². The van der Waals surface area contributed by atoms with Crippen molar-refractivity contribution < 1.29 is 4.42 Å². The molecule has 12 aromatic rings. The molecule has 0 bridgehead atoms. The lowest BCUT2D eigenvalue weighted by atomic mass is 9.72. The fourth-order valence-corrected chi connectivity index (χ4v) is 9.45. The van der Waals surface area contributed by atoms with E-state index in [1.54, 1.807) is 0 Å². The van der Waals surface area contributed by atoms with Crippen LogP contribution in [0, 0.1) is 0 Å². The Bertz CT molecular complexity index is 3690. The summed E-state index contributed by atoms with van der Waals surface area (Å²) in [5, 5.41) is 6.27. The lowest BCUT2D eigenvalue weighted by Crippen LogP contribution is -2.24. The van der Waals surface area contributed by atoms with E-state index < -0.39 is 0 Å². The Labute approximate surface area is 350 Å². The second-order valence-corrected chi connectivity index (χ2v) is 15.6. The number of benzene rings is 9. The van der Waals surface area contributed by atoms with Gasteiger partial charge in [-0.1, -0.05) is 138 Å². The van der Waals surface area contributed by atoms with E-state index in [9.17, 15) is 0 Å². The summed E-state index contributed by atoms with van der Waals surface area (Å²) in [7, 11) is 21.7. The molecule has 0 atom stereocenters. The molecule has 0 saturated heterocycles. The predicted molar refractivity (Wildman–Crippen MR) is 255 cm³/mol. The molecule has 3 heterocycles. The van der Waals surface area contributed by atoms with E-state index in [0.717, 1.165) is 110 Å². The van der Waals surface area contributed by atoms with Gasteiger partial charge in [-0.05, 0) is 100 Å². The van der Waals surface area contributed by atoms with Crippen LogP contribution >= 0.6 is 0 Å². The van der Waals surface area contributed by atoms with Gasteiger partial charge in [0.2, 0.25) is 0 Å². The smallest absolute Gasteiger partial charge is 0.135 e. The molecule has 0 N–H and O–H groups in total.